The van der Waals surface area contributed by atoms with Gasteiger partial charge in [0, 0.05) is 6.42 Å². The maximum Gasteiger partial charge on any atom is 0.433 e. The number of carbonyl (C=O) groups is 5. The van der Waals surface area contributed by atoms with Crippen LogP contribution < -0.4 is 10.7 Å². The van der Waals surface area contributed by atoms with Gasteiger partial charge < -0.3 is 14.2 Å². The van der Waals surface area contributed by atoms with E-state index in [1.54, 1.807) is 60.7 Å². The van der Waals surface area contributed by atoms with Crippen molar-refractivity contribution in [2.45, 2.75) is 38.7 Å². The maximum atomic E-state index is 13.0. The van der Waals surface area contributed by atoms with Crippen LogP contribution in [0.15, 0.2) is 60.7 Å². The van der Waals surface area contributed by atoms with Gasteiger partial charge in [0.15, 0.2) is 0 Å². The summed E-state index contributed by atoms with van der Waals surface area (Å²) in [6.07, 6.45) is -3.28. The van der Waals surface area contributed by atoms with E-state index in [0.29, 0.717) is 16.1 Å². The molecular weight excluding hydrogens is 446 g/mol. The number of hydrazine groups is 1. The molecule has 1 saturated heterocycles. The van der Waals surface area contributed by atoms with Gasteiger partial charge in [0.1, 0.15) is 13.2 Å². The third kappa shape index (κ3) is 5.88. The number of imide groups is 1. The van der Waals surface area contributed by atoms with Gasteiger partial charge in [0.2, 0.25) is 5.91 Å². The first-order valence-corrected chi connectivity index (χ1v) is 10.4. The molecule has 2 aromatic rings. The number of rotatable bonds is 7. The molecule has 0 aromatic heterocycles. The highest BCUT2D eigenvalue weighted by atomic mass is 16.6. The van der Waals surface area contributed by atoms with Gasteiger partial charge in [0.25, 0.3) is 11.6 Å². The minimum atomic E-state index is -2.48. The molecule has 178 valence electrons. The Hall–Kier alpha value is -4.41. The molecule has 0 radical (unpaired) electrons. The predicted octanol–water partition coefficient (Wildman–Crippen LogP) is 2.16. The van der Waals surface area contributed by atoms with Crippen molar-refractivity contribution < 1.29 is 38.2 Å². The molecule has 1 aliphatic heterocycles. The van der Waals surface area contributed by atoms with E-state index in [0.717, 1.165) is 0 Å². The molecule has 34 heavy (non-hydrogen) atoms. The zero-order chi connectivity index (χ0) is 24.6. The Labute approximate surface area is 194 Å². The summed E-state index contributed by atoms with van der Waals surface area (Å²) in [5, 5.41) is 2.35. The minimum Gasteiger partial charge on any atom is -0.443 e. The molecular formula is C23H23N3O8. The van der Waals surface area contributed by atoms with Crippen LogP contribution in [0.4, 0.5) is 9.59 Å². The fourth-order valence-electron chi connectivity index (χ4n) is 3.05. The summed E-state index contributed by atoms with van der Waals surface area (Å²) in [5.74, 6) is -2.81. The van der Waals surface area contributed by atoms with Gasteiger partial charge >= 0.3 is 18.2 Å². The number of carbonyl (C=O) groups excluding carboxylic acids is 5. The van der Waals surface area contributed by atoms with Crippen molar-refractivity contribution in [3.05, 3.63) is 71.8 Å². The standard InChI is InChI=1S/C23H23N3O8/c1-2-19(28)34-23(13-18(27)24-20(23)29)26(22(31)33-15-17-11-7-4-8-12-17)25-21(30)32-14-16-9-5-3-6-10-16/h3-12H,2,13-15H2,1H3,(H,25,30)(H,24,27,29). The Kier molecular flexibility index (Phi) is 7.80. The molecule has 0 saturated carbocycles. The van der Waals surface area contributed by atoms with Crippen molar-refractivity contribution in [1.29, 1.82) is 0 Å². The lowest BCUT2D eigenvalue weighted by molar-refractivity contribution is -0.189. The summed E-state index contributed by atoms with van der Waals surface area (Å²) in [5.41, 5.74) is 0.895. The van der Waals surface area contributed by atoms with Crippen LogP contribution in [-0.2, 0) is 41.8 Å². The van der Waals surface area contributed by atoms with Gasteiger partial charge in [-0.25, -0.2) is 15.0 Å². The van der Waals surface area contributed by atoms with Gasteiger partial charge in [-0.1, -0.05) is 67.6 Å². The number of hydrogen-bond acceptors (Lipinski definition) is 8. The van der Waals surface area contributed by atoms with E-state index in [-0.39, 0.29) is 19.6 Å². The summed E-state index contributed by atoms with van der Waals surface area (Å²) in [6.45, 7) is 1.10. The fourth-order valence-corrected chi connectivity index (χ4v) is 3.05. The smallest absolute Gasteiger partial charge is 0.433 e. The summed E-state index contributed by atoms with van der Waals surface area (Å²) in [6, 6.07) is 17.3. The summed E-state index contributed by atoms with van der Waals surface area (Å²) < 4.78 is 15.5. The van der Waals surface area contributed by atoms with Crippen LogP contribution >= 0.6 is 0 Å². The van der Waals surface area contributed by atoms with Gasteiger partial charge in [-0.15, -0.1) is 0 Å². The molecule has 3 rings (SSSR count). The summed E-state index contributed by atoms with van der Waals surface area (Å²) >= 11 is 0. The van der Waals surface area contributed by atoms with Crippen molar-refractivity contribution in [3.63, 3.8) is 0 Å². The molecule has 11 heteroatoms. The van der Waals surface area contributed by atoms with Crippen LogP contribution in [0.1, 0.15) is 30.9 Å². The third-order valence-corrected chi connectivity index (χ3v) is 4.74. The second kappa shape index (κ2) is 10.9. The van der Waals surface area contributed by atoms with Crippen molar-refractivity contribution in [3.8, 4) is 0 Å². The molecule has 4 amide bonds. The highest BCUT2D eigenvalue weighted by molar-refractivity contribution is 6.09. The lowest BCUT2D eigenvalue weighted by Gasteiger charge is -2.35. The average molecular weight is 469 g/mol. The first kappa shape index (κ1) is 24.2. The van der Waals surface area contributed by atoms with Crippen LogP contribution in [0.5, 0.6) is 0 Å². The fraction of sp³-hybridized carbons (Fsp3) is 0.261. The highest BCUT2D eigenvalue weighted by Gasteiger charge is 2.58. The number of hydrogen-bond donors (Lipinski definition) is 2. The molecule has 2 aromatic carbocycles. The molecule has 11 nitrogen and oxygen atoms in total. The highest BCUT2D eigenvalue weighted by Crippen LogP contribution is 2.27. The summed E-state index contributed by atoms with van der Waals surface area (Å²) in [7, 11) is 0. The van der Waals surface area contributed by atoms with Crippen LogP contribution in [-0.4, -0.2) is 40.7 Å². The van der Waals surface area contributed by atoms with Crippen LogP contribution in [0.2, 0.25) is 0 Å². The van der Waals surface area contributed by atoms with Crippen LogP contribution in [0.3, 0.4) is 0 Å². The van der Waals surface area contributed by atoms with E-state index in [2.05, 4.69) is 5.43 Å². The quantitative estimate of drug-likeness (QED) is 0.207. The second-order valence-electron chi connectivity index (χ2n) is 7.22. The molecule has 0 spiro atoms. The van der Waals surface area contributed by atoms with E-state index >= 15 is 0 Å². The minimum absolute atomic E-state index is 0.146. The number of nitrogens with zero attached hydrogens (tertiary/aromatic N) is 1. The van der Waals surface area contributed by atoms with E-state index in [1.165, 1.54) is 6.92 Å². The largest absolute Gasteiger partial charge is 0.443 e. The molecule has 0 bridgehead atoms. The number of nitrogens with one attached hydrogen (secondary N) is 2. The van der Waals surface area contributed by atoms with E-state index in [9.17, 15) is 24.0 Å². The topological polar surface area (TPSA) is 140 Å². The van der Waals surface area contributed by atoms with E-state index in [4.69, 9.17) is 14.2 Å². The Morgan fingerprint density at radius 1 is 0.941 bits per heavy atom. The SMILES string of the molecule is CCC(=O)OC1(N(NC(=O)OCc2ccccc2)C(=O)OCc2ccccc2)CC(=O)NC1=O. The maximum absolute atomic E-state index is 13.0. The third-order valence-electron chi connectivity index (χ3n) is 4.74. The number of benzene rings is 2. The van der Waals surface area contributed by atoms with Crippen LogP contribution in [0, 0.1) is 0 Å². The van der Waals surface area contributed by atoms with Gasteiger partial charge in [-0.3, -0.25) is 19.7 Å². The van der Waals surface area contributed by atoms with Crippen molar-refractivity contribution in [1.82, 2.24) is 15.8 Å². The Morgan fingerprint density at radius 2 is 1.50 bits per heavy atom. The Balaban J connectivity index is 1.83. The van der Waals surface area contributed by atoms with Gasteiger partial charge in [-0.2, -0.15) is 5.01 Å². The number of ether oxygens (including phenoxy) is 3. The lowest BCUT2D eigenvalue weighted by atomic mass is 10.1. The predicted molar refractivity (Wildman–Crippen MR) is 115 cm³/mol. The molecule has 1 atom stereocenters. The second-order valence-corrected chi connectivity index (χ2v) is 7.22. The monoisotopic (exact) mass is 469 g/mol. The van der Waals surface area contributed by atoms with Gasteiger partial charge in [0.05, 0.1) is 6.42 Å². The number of esters is 1. The molecule has 2 N–H and O–H groups in total. The molecule has 1 aliphatic rings. The molecule has 0 aliphatic carbocycles. The van der Waals surface area contributed by atoms with Crippen LogP contribution in [0.25, 0.3) is 0 Å². The normalized spacial score (nSPS) is 16.9. The first-order chi connectivity index (χ1) is 16.3. The first-order valence-electron chi connectivity index (χ1n) is 10.4. The van der Waals surface area contributed by atoms with E-state index < -0.39 is 42.1 Å². The van der Waals surface area contributed by atoms with E-state index in [1.807, 2.05) is 5.32 Å². The Bertz CT molecular complexity index is 1060. The van der Waals surface area contributed by atoms with Crippen molar-refractivity contribution >= 4 is 30.0 Å². The zero-order valence-electron chi connectivity index (χ0n) is 18.3. The molecule has 1 heterocycles. The summed E-state index contributed by atoms with van der Waals surface area (Å²) in [4.78, 5) is 62.3. The zero-order valence-corrected chi connectivity index (χ0v) is 18.3. The number of amides is 4. The average Bonchev–Trinajstić information content (AvgIpc) is 3.13. The molecule has 1 fully saturated rings. The van der Waals surface area contributed by atoms with Gasteiger partial charge in [-0.05, 0) is 11.1 Å². The lowest BCUT2D eigenvalue weighted by Crippen LogP contribution is -2.65. The van der Waals surface area contributed by atoms with Crippen molar-refractivity contribution in [2.75, 3.05) is 0 Å². The Morgan fingerprint density at radius 3 is 2.00 bits per heavy atom. The molecule has 1 unspecified atom stereocenters. The van der Waals surface area contributed by atoms with Crippen molar-refractivity contribution in [2.24, 2.45) is 0 Å².